The van der Waals surface area contributed by atoms with Crippen LogP contribution >= 0.6 is 39.3 Å². The zero-order valence-electron chi connectivity index (χ0n) is 15.3. The molecule has 146 valence electrons. The molecule has 0 saturated carbocycles. The molecule has 1 amide bonds. The van der Waals surface area contributed by atoms with Gasteiger partial charge >= 0.3 is 0 Å². The van der Waals surface area contributed by atoms with Gasteiger partial charge in [-0.05, 0) is 48.9 Å². The minimum Gasteiger partial charge on any atom is -0.325 e. The molecule has 0 radical (unpaired) electrons. The first-order chi connectivity index (χ1) is 14.0. The number of thioether (sulfide) groups is 1. The normalized spacial score (nSPS) is 11.0. The van der Waals surface area contributed by atoms with Crippen LogP contribution in [0.1, 0.15) is 5.56 Å². The molecule has 2 aromatic heterocycles. The van der Waals surface area contributed by atoms with Gasteiger partial charge in [0.25, 0.3) is 0 Å². The predicted octanol–water partition coefficient (Wildman–Crippen LogP) is 5.25. The molecule has 0 aliphatic rings. The van der Waals surface area contributed by atoms with Crippen LogP contribution in [0.3, 0.4) is 0 Å². The van der Waals surface area contributed by atoms with E-state index in [1.54, 1.807) is 10.6 Å². The summed E-state index contributed by atoms with van der Waals surface area (Å²) in [5.74, 6) is 0.0203. The summed E-state index contributed by atoms with van der Waals surface area (Å²) in [6, 6.07) is 17.1. The number of nitrogens with zero attached hydrogens (tertiary/aromatic N) is 4. The van der Waals surface area contributed by atoms with Crippen LogP contribution in [0, 0.1) is 6.92 Å². The van der Waals surface area contributed by atoms with E-state index in [-0.39, 0.29) is 11.7 Å². The van der Waals surface area contributed by atoms with Crippen molar-refractivity contribution in [2.75, 3.05) is 11.1 Å². The molecule has 0 atom stereocenters. The largest absolute Gasteiger partial charge is 0.325 e. The van der Waals surface area contributed by atoms with E-state index in [9.17, 15) is 4.79 Å². The molecule has 0 aliphatic carbocycles. The fraction of sp³-hybridized carbons (Fsp3) is 0.100. The number of amides is 1. The van der Waals surface area contributed by atoms with Crippen LogP contribution in [0.5, 0.6) is 0 Å². The Morgan fingerprint density at radius 2 is 1.93 bits per heavy atom. The molecule has 2 heterocycles. The van der Waals surface area contributed by atoms with Gasteiger partial charge in [-0.25, -0.2) is 0 Å². The molecule has 6 nitrogen and oxygen atoms in total. The minimum atomic E-state index is -0.157. The zero-order valence-corrected chi connectivity index (χ0v) is 18.4. The first-order valence-electron chi connectivity index (χ1n) is 8.67. The van der Waals surface area contributed by atoms with Gasteiger partial charge in [0.15, 0.2) is 5.65 Å². The number of halogens is 2. The lowest BCUT2D eigenvalue weighted by atomic mass is 10.1. The third-order valence-corrected chi connectivity index (χ3v) is 6.02. The first-order valence-corrected chi connectivity index (χ1v) is 10.8. The van der Waals surface area contributed by atoms with Crippen molar-refractivity contribution in [2.24, 2.45) is 0 Å². The Morgan fingerprint density at radius 3 is 2.69 bits per heavy atom. The Balaban J connectivity index is 1.48. The van der Waals surface area contributed by atoms with Crippen molar-refractivity contribution in [3.8, 4) is 11.3 Å². The van der Waals surface area contributed by atoms with Gasteiger partial charge in [-0.2, -0.15) is 9.61 Å². The fourth-order valence-corrected chi connectivity index (χ4v) is 3.76. The smallest absolute Gasteiger partial charge is 0.234 e. The van der Waals surface area contributed by atoms with Crippen LogP contribution in [0.15, 0.2) is 64.2 Å². The van der Waals surface area contributed by atoms with Gasteiger partial charge in [0, 0.05) is 20.7 Å². The van der Waals surface area contributed by atoms with Gasteiger partial charge in [0.2, 0.25) is 11.1 Å². The van der Waals surface area contributed by atoms with Crippen LogP contribution in [0.25, 0.3) is 16.9 Å². The lowest BCUT2D eigenvalue weighted by Gasteiger charge is -2.06. The number of hydrogen-bond donors (Lipinski definition) is 1. The molecular weight excluding hydrogens is 474 g/mol. The molecule has 0 fully saturated rings. The molecule has 0 aliphatic heterocycles. The van der Waals surface area contributed by atoms with Gasteiger partial charge in [-0.1, -0.05) is 57.5 Å². The number of carbonyl (C=O) groups is 1. The van der Waals surface area contributed by atoms with E-state index in [0.717, 1.165) is 21.3 Å². The molecule has 2 aromatic carbocycles. The molecule has 0 unspecified atom stereocenters. The summed E-state index contributed by atoms with van der Waals surface area (Å²) in [6.45, 7) is 1.91. The first kappa shape index (κ1) is 19.9. The van der Waals surface area contributed by atoms with Gasteiger partial charge < -0.3 is 5.32 Å². The van der Waals surface area contributed by atoms with Crippen LogP contribution in [0.2, 0.25) is 5.02 Å². The minimum absolute atomic E-state index is 0.157. The molecule has 4 rings (SSSR count). The topological polar surface area (TPSA) is 72.2 Å². The highest BCUT2D eigenvalue weighted by atomic mass is 79.9. The number of benzene rings is 2. The van der Waals surface area contributed by atoms with Crippen LogP contribution in [0.4, 0.5) is 5.69 Å². The van der Waals surface area contributed by atoms with Crippen molar-refractivity contribution in [2.45, 2.75) is 12.1 Å². The molecule has 1 N–H and O–H groups in total. The van der Waals surface area contributed by atoms with Crippen LogP contribution < -0.4 is 5.32 Å². The number of rotatable bonds is 5. The lowest BCUT2D eigenvalue weighted by Crippen LogP contribution is -2.14. The standard InChI is InChI=1S/C20H15BrClN5OS/c1-12-2-7-15(10-16(12)22)23-19(28)11-29-20-25-24-18-9-8-17(26-27(18)20)13-3-5-14(21)6-4-13/h2-10H,11H2,1H3,(H,23,28). The lowest BCUT2D eigenvalue weighted by molar-refractivity contribution is -0.113. The zero-order chi connectivity index (χ0) is 20.4. The summed E-state index contributed by atoms with van der Waals surface area (Å²) in [6.07, 6.45) is 0. The SMILES string of the molecule is Cc1ccc(NC(=O)CSc2nnc3ccc(-c4ccc(Br)cc4)nn23)cc1Cl. The average Bonchev–Trinajstić information content (AvgIpc) is 3.12. The predicted molar refractivity (Wildman–Crippen MR) is 119 cm³/mol. The second-order valence-electron chi connectivity index (χ2n) is 6.28. The second kappa shape index (κ2) is 8.52. The highest BCUT2D eigenvalue weighted by Gasteiger charge is 2.12. The Kier molecular flexibility index (Phi) is 5.84. The third-order valence-electron chi connectivity index (χ3n) is 4.16. The number of aryl methyl sites for hydroxylation is 1. The maximum Gasteiger partial charge on any atom is 0.234 e. The van der Waals surface area contributed by atoms with E-state index in [4.69, 9.17) is 11.6 Å². The molecule has 0 spiro atoms. The van der Waals surface area contributed by atoms with E-state index >= 15 is 0 Å². The summed E-state index contributed by atoms with van der Waals surface area (Å²) in [7, 11) is 0. The molecule has 9 heteroatoms. The van der Waals surface area contributed by atoms with E-state index in [2.05, 4.69) is 36.5 Å². The number of aromatic nitrogens is 4. The van der Waals surface area contributed by atoms with E-state index < -0.39 is 0 Å². The Labute approximate surface area is 184 Å². The second-order valence-corrected chi connectivity index (χ2v) is 8.54. The molecule has 0 bridgehead atoms. The Bertz CT molecular complexity index is 1200. The highest BCUT2D eigenvalue weighted by molar-refractivity contribution is 9.10. The fourth-order valence-electron chi connectivity index (χ4n) is 2.63. The van der Waals surface area contributed by atoms with Crippen molar-refractivity contribution in [1.82, 2.24) is 19.8 Å². The van der Waals surface area contributed by atoms with Crippen LogP contribution in [-0.2, 0) is 4.79 Å². The van der Waals surface area contributed by atoms with Gasteiger partial charge in [-0.3, -0.25) is 4.79 Å². The monoisotopic (exact) mass is 487 g/mol. The number of nitrogens with one attached hydrogen (secondary N) is 1. The van der Waals surface area contributed by atoms with Crippen molar-refractivity contribution < 1.29 is 4.79 Å². The van der Waals surface area contributed by atoms with E-state index in [1.165, 1.54) is 11.8 Å². The van der Waals surface area contributed by atoms with Gasteiger partial charge in [0.1, 0.15) is 0 Å². The summed E-state index contributed by atoms with van der Waals surface area (Å²) in [5, 5.41) is 16.9. The molecular formula is C20H15BrClN5OS. The van der Waals surface area contributed by atoms with Crippen LogP contribution in [-0.4, -0.2) is 31.5 Å². The summed E-state index contributed by atoms with van der Waals surface area (Å²) >= 11 is 10.8. The summed E-state index contributed by atoms with van der Waals surface area (Å²) in [4.78, 5) is 12.3. The summed E-state index contributed by atoms with van der Waals surface area (Å²) < 4.78 is 2.65. The number of carbonyl (C=O) groups excluding carboxylic acids is 1. The Morgan fingerprint density at radius 1 is 1.14 bits per heavy atom. The van der Waals surface area contributed by atoms with Crippen molar-refractivity contribution >= 4 is 56.5 Å². The van der Waals surface area contributed by atoms with Gasteiger partial charge in [-0.15, -0.1) is 10.2 Å². The molecule has 0 saturated heterocycles. The van der Waals surface area contributed by atoms with E-state index in [1.807, 2.05) is 55.5 Å². The highest BCUT2D eigenvalue weighted by Crippen LogP contribution is 2.23. The molecule has 29 heavy (non-hydrogen) atoms. The average molecular weight is 489 g/mol. The van der Waals surface area contributed by atoms with Crippen molar-refractivity contribution in [3.05, 3.63) is 69.7 Å². The maximum atomic E-state index is 12.3. The maximum absolute atomic E-state index is 12.3. The number of fused-ring (bicyclic) bond motifs is 1. The number of anilines is 1. The number of hydrogen-bond acceptors (Lipinski definition) is 5. The molecule has 4 aromatic rings. The quantitative estimate of drug-likeness (QED) is 0.389. The third kappa shape index (κ3) is 4.60. The Hall–Kier alpha value is -2.42. The van der Waals surface area contributed by atoms with Gasteiger partial charge in [0.05, 0.1) is 11.4 Å². The van der Waals surface area contributed by atoms with E-state index in [0.29, 0.717) is 21.5 Å². The summed E-state index contributed by atoms with van der Waals surface area (Å²) in [5.41, 5.74) is 4.02. The van der Waals surface area contributed by atoms with Crippen molar-refractivity contribution in [3.63, 3.8) is 0 Å². The van der Waals surface area contributed by atoms with Crippen molar-refractivity contribution in [1.29, 1.82) is 0 Å².